The second-order valence-corrected chi connectivity index (χ2v) is 5.43. The molecule has 0 radical (unpaired) electrons. The van der Waals surface area contributed by atoms with Crippen molar-refractivity contribution in [2.45, 2.75) is 19.4 Å². The lowest BCUT2D eigenvalue weighted by molar-refractivity contribution is 0.0311. The number of hydrogen-bond acceptors (Lipinski definition) is 4. The van der Waals surface area contributed by atoms with Crippen LogP contribution in [0.25, 0.3) is 0 Å². The lowest BCUT2D eigenvalue weighted by atomic mass is 9.99. The monoisotopic (exact) mass is 248 g/mol. The molecule has 1 aromatic heterocycles. The number of anilines is 1. The van der Waals surface area contributed by atoms with E-state index in [1.807, 2.05) is 4.90 Å². The zero-order valence-corrected chi connectivity index (χ0v) is 11.2. The van der Waals surface area contributed by atoms with Crippen molar-refractivity contribution in [3.05, 3.63) is 23.9 Å². The molecule has 18 heavy (non-hydrogen) atoms. The van der Waals surface area contributed by atoms with Crippen molar-refractivity contribution in [2.75, 3.05) is 32.4 Å². The number of aromatic nitrogens is 1. The Balaban J connectivity index is 2.15. The molecular weight excluding hydrogens is 228 g/mol. The van der Waals surface area contributed by atoms with Crippen LogP contribution in [0.2, 0.25) is 0 Å². The van der Waals surface area contributed by atoms with Crippen LogP contribution in [0, 0.1) is 0 Å². The summed E-state index contributed by atoms with van der Waals surface area (Å²) in [6.07, 6.45) is 1.57. The van der Waals surface area contributed by atoms with Gasteiger partial charge in [-0.05, 0) is 33.0 Å². The smallest absolute Gasteiger partial charge is 0.254 e. The molecule has 1 fully saturated rings. The molecule has 0 spiro atoms. The topological polar surface area (TPSA) is 62.5 Å². The molecule has 0 aromatic carbocycles. The number of rotatable bonds is 1. The fourth-order valence-electron chi connectivity index (χ4n) is 2.18. The Morgan fingerprint density at radius 3 is 2.78 bits per heavy atom. The highest BCUT2D eigenvalue weighted by atomic mass is 16.2. The van der Waals surface area contributed by atoms with Crippen molar-refractivity contribution in [2.24, 2.45) is 0 Å². The van der Waals surface area contributed by atoms with Gasteiger partial charge in [0, 0.05) is 36.9 Å². The molecule has 0 unspecified atom stereocenters. The fourth-order valence-corrected chi connectivity index (χ4v) is 2.18. The van der Waals surface area contributed by atoms with Crippen LogP contribution < -0.4 is 5.73 Å². The van der Waals surface area contributed by atoms with Crippen LogP contribution in [0.3, 0.4) is 0 Å². The van der Waals surface area contributed by atoms with Gasteiger partial charge in [0.1, 0.15) is 5.82 Å². The van der Waals surface area contributed by atoms with Crippen molar-refractivity contribution in [3.8, 4) is 0 Å². The van der Waals surface area contributed by atoms with E-state index in [1.165, 1.54) is 0 Å². The van der Waals surface area contributed by atoms with Crippen molar-refractivity contribution >= 4 is 11.7 Å². The third kappa shape index (κ3) is 2.46. The minimum absolute atomic E-state index is 0.00643. The van der Waals surface area contributed by atoms with E-state index in [9.17, 15) is 4.79 Å². The van der Waals surface area contributed by atoms with E-state index in [1.54, 1.807) is 18.3 Å². The van der Waals surface area contributed by atoms with Crippen LogP contribution in [0.15, 0.2) is 18.3 Å². The van der Waals surface area contributed by atoms with Crippen molar-refractivity contribution in [1.82, 2.24) is 14.8 Å². The molecule has 5 nitrogen and oxygen atoms in total. The number of carbonyl (C=O) groups is 1. The van der Waals surface area contributed by atoms with Crippen LogP contribution >= 0.6 is 0 Å². The van der Waals surface area contributed by atoms with E-state index in [0.717, 1.165) is 19.6 Å². The summed E-state index contributed by atoms with van der Waals surface area (Å²) >= 11 is 0. The van der Waals surface area contributed by atoms with E-state index in [0.29, 0.717) is 11.4 Å². The molecule has 1 aliphatic heterocycles. The van der Waals surface area contributed by atoms with Gasteiger partial charge in [-0.25, -0.2) is 4.98 Å². The number of amides is 1. The summed E-state index contributed by atoms with van der Waals surface area (Å²) in [5.74, 6) is 0.416. The first-order chi connectivity index (χ1) is 8.40. The number of likely N-dealkylation sites (N-methyl/N-ethyl adjacent to an activating group) is 1. The summed E-state index contributed by atoms with van der Waals surface area (Å²) in [5, 5.41) is 0. The van der Waals surface area contributed by atoms with Crippen molar-refractivity contribution in [1.29, 1.82) is 0 Å². The predicted octanol–water partition coefficient (Wildman–Crippen LogP) is 0.830. The third-order valence-electron chi connectivity index (χ3n) is 3.63. The average Bonchev–Trinajstić information content (AvgIpc) is 2.31. The highest BCUT2D eigenvalue weighted by Gasteiger charge is 2.33. The van der Waals surface area contributed by atoms with Crippen LogP contribution in [0.1, 0.15) is 24.2 Å². The normalized spacial score (nSPS) is 19.8. The summed E-state index contributed by atoms with van der Waals surface area (Å²) in [6.45, 7) is 6.66. The van der Waals surface area contributed by atoms with Gasteiger partial charge in [-0.2, -0.15) is 0 Å². The van der Waals surface area contributed by atoms with Gasteiger partial charge in [0.2, 0.25) is 0 Å². The second-order valence-electron chi connectivity index (χ2n) is 5.43. The first kappa shape index (κ1) is 12.8. The first-order valence-corrected chi connectivity index (χ1v) is 6.12. The maximum absolute atomic E-state index is 12.4. The van der Waals surface area contributed by atoms with Crippen LogP contribution in [-0.2, 0) is 0 Å². The Kier molecular flexibility index (Phi) is 3.26. The maximum Gasteiger partial charge on any atom is 0.254 e. The van der Waals surface area contributed by atoms with E-state index in [4.69, 9.17) is 5.73 Å². The first-order valence-electron chi connectivity index (χ1n) is 6.12. The molecule has 0 atom stereocenters. The molecule has 2 N–H and O–H groups in total. The number of nitrogens with zero attached hydrogens (tertiary/aromatic N) is 3. The summed E-state index contributed by atoms with van der Waals surface area (Å²) in [6, 6.07) is 3.34. The van der Waals surface area contributed by atoms with E-state index in [-0.39, 0.29) is 11.4 Å². The lowest BCUT2D eigenvalue weighted by Crippen LogP contribution is -2.58. The number of carbonyl (C=O) groups excluding carboxylic acids is 1. The van der Waals surface area contributed by atoms with Gasteiger partial charge in [-0.3, -0.25) is 9.69 Å². The van der Waals surface area contributed by atoms with Gasteiger partial charge in [-0.1, -0.05) is 0 Å². The van der Waals surface area contributed by atoms with Gasteiger partial charge < -0.3 is 10.6 Å². The van der Waals surface area contributed by atoms with Gasteiger partial charge >= 0.3 is 0 Å². The molecule has 2 heterocycles. The molecule has 0 aliphatic carbocycles. The fraction of sp³-hybridized carbons (Fsp3) is 0.538. The highest BCUT2D eigenvalue weighted by Crippen LogP contribution is 2.20. The van der Waals surface area contributed by atoms with Crippen molar-refractivity contribution in [3.63, 3.8) is 0 Å². The molecule has 1 amide bonds. The molecule has 2 rings (SSSR count). The van der Waals surface area contributed by atoms with E-state index < -0.39 is 0 Å². The average molecular weight is 248 g/mol. The zero-order chi connectivity index (χ0) is 13.3. The molecule has 1 aliphatic rings. The van der Waals surface area contributed by atoms with Gasteiger partial charge in [-0.15, -0.1) is 0 Å². The summed E-state index contributed by atoms with van der Waals surface area (Å²) in [4.78, 5) is 20.4. The second kappa shape index (κ2) is 4.57. The number of hydrogen-bond donors (Lipinski definition) is 1. The van der Waals surface area contributed by atoms with Gasteiger partial charge in [0.25, 0.3) is 5.91 Å². The molecule has 1 saturated heterocycles. The number of pyridine rings is 1. The quantitative estimate of drug-likeness (QED) is 0.799. The van der Waals surface area contributed by atoms with Crippen molar-refractivity contribution < 1.29 is 4.79 Å². The minimum Gasteiger partial charge on any atom is -0.384 e. The third-order valence-corrected chi connectivity index (χ3v) is 3.63. The van der Waals surface area contributed by atoms with Gasteiger partial charge in [0.05, 0.1) is 0 Å². The molecule has 0 saturated carbocycles. The minimum atomic E-state index is 0.00643. The predicted molar refractivity (Wildman–Crippen MR) is 71.3 cm³/mol. The molecule has 5 heteroatoms. The molecule has 98 valence electrons. The Hall–Kier alpha value is -1.62. The SMILES string of the molecule is CN1CCN(C(=O)c2ccnc(N)c2)CC1(C)C. The number of nitrogen functional groups attached to an aromatic ring is 1. The summed E-state index contributed by atoms with van der Waals surface area (Å²) in [7, 11) is 2.09. The zero-order valence-electron chi connectivity index (χ0n) is 11.2. The Morgan fingerprint density at radius 2 is 2.17 bits per heavy atom. The summed E-state index contributed by atoms with van der Waals surface area (Å²) < 4.78 is 0. The Bertz CT molecular complexity index is 458. The number of piperazine rings is 1. The Morgan fingerprint density at radius 1 is 1.44 bits per heavy atom. The lowest BCUT2D eigenvalue weighted by Gasteiger charge is -2.45. The largest absolute Gasteiger partial charge is 0.384 e. The van der Waals surface area contributed by atoms with Crippen LogP contribution in [-0.4, -0.2) is 52.9 Å². The maximum atomic E-state index is 12.4. The summed E-state index contributed by atoms with van der Waals surface area (Å²) in [5.41, 5.74) is 6.23. The molecule has 0 bridgehead atoms. The molecule has 1 aromatic rings. The van der Waals surface area contributed by atoms with E-state index >= 15 is 0 Å². The van der Waals surface area contributed by atoms with E-state index in [2.05, 4.69) is 30.8 Å². The highest BCUT2D eigenvalue weighted by molar-refractivity contribution is 5.94. The standard InChI is InChI=1S/C13H20N4O/c1-13(2)9-17(7-6-16(13)3)12(18)10-4-5-15-11(14)8-10/h4-5,8H,6-7,9H2,1-3H3,(H2,14,15). The number of nitrogens with two attached hydrogens (primary N) is 1. The Labute approximate surface area is 108 Å². The molecular formula is C13H20N4O. The van der Waals surface area contributed by atoms with Crippen LogP contribution in [0.4, 0.5) is 5.82 Å². The van der Waals surface area contributed by atoms with Gasteiger partial charge in [0.15, 0.2) is 0 Å². The van der Waals surface area contributed by atoms with Crippen LogP contribution in [0.5, 0.6) is 0 Å².